The molecule has 3 aromatic carbocycles. The predicted molar refractivity (Wildman–Crippen MR) is 138 cm³/mol. The van der Waals surface area contributed by atoms with Gasteiger partial charge in [0, 0.05) is 31.9 Å². The van der Waals surface area contributed by atoms with Crippen molar-refractivity contribution >= 4 is 5.69 Å². The highest BCUT2D eigenvalue weighted by Gasteiger charge is 2.31. The lowest BCUT2D eigenvalue weighted by Crippen LogP contribution is -2.48. The maximum atomic E-state index is 13.8. The summed E-state index contributed by atoms with van der Waals surface area (Å²) in [5, 5.41) is 12.8. The lowest BCUT2D eigenvalue weighted by atomic mass is 10.0. The molecule has 0 aliphatic carbocycles. The average molecular weight is 487 g/mol. The van der Waals surface area contributed by atoms with E-state index in [0.29, 0.717) is 6.54 Å². The van der Waals surface area contributed by atoms with E-state index in [1.54, 1.807) is 7.11 Å². The van der Waals surface area contributed by atoms with Gasteiger partial charge >= 0.3 is 0 Å². The summed E-state index contributed by atoms with van der Waals surface area (Å²) in [6.07, 6.45) is 0. The van der Waals surface area contributed by atoms with E-state index < -0.39 is 0 Å². The maximum absolute atomic E-state index is 13.8. The Hall–Kier alpha value is -3.78. The van der Waals surface area contributed by atoms with E-state index in [2.05, 4.69) is 57.4 Å². The van der Waals surface area contributed by atoms with Crippen molar-refractivity contribution in [1.82, 2.24) is 25.1 Å². The Labute approximate surface area is 211 Å². The fourth-order valence-electron chi connectivity index (χ4n) is 4.89. The number of ether oxygens (including phenoxy) is 1. The van der Waals surface area contributed by atoms with E-state index in [9.17, 15) is 4.39 Å². The summed E-state index contributed by atoms with van der Waals surface area (Å²) in [4.78, 5) is 4.84. The fourth-order valence-corrected chi connectivity index (χ4v) is 4.89. The third-order valence-electron chi connectivity index (χ3n) is 7.08. The molecular formula is C28H31FN6O. The molecule has 1 unspecified atom stereocenters. The molecule has 7 nitrogen and oxygen atoms in total. The minimum atomic E-state index is -0.255. The van der Waals surface area contributed by atoms with Crippen LogP contribution in [0.25, 0.3) is 0 Å². The Morgan fingerprint density at radius 1 is 0.917 bits per heavy atom. The first-order chi connectivity index (χ1) is 17.5. The zero-order chi connectivity index (χ0) is 25.1. The molecule has 0 spiro atoms. The highest BCUT2D eigenvalue weighted by atomic mass is 19.1. The number of hydrogen-bond acceptors (Lipinski definition) is 6. The van der Waals surface area contributed by atoms with Gasteiger partial charge < -0.3 is 9.64 Å². The lowest BCUT2D eigenvalue weighted by Gasteiger charge is -2.40. The van der Waals surface area contributed by atoms with Crippen LogP contribution in [0.4, 0.5) is 10.1 Å². The molecule has 2 heterocycles. The Morgan fingerprint density at radius 3 is 2.33 bits per heavy atom. The quantitative estimate of drug-likeness (QED) is 0.386. The molecule has 0 bridgehead atoms. The Balaban J connectivity index is 1.42. The molecular weight excluding hydrogens is 455 g/mol. The zero-order valence-corrected chi connectivity index (χ0v) is 20.9. The number of methoxy groups -OCH3 is 1. The number of rotatable bonds is 7. The molecule has 4 aromatic rings. The number of nitrogens with zero attached hydrogens (tertiary/aromatic N) is 6. The van der Waals surface area contributed by atoms with Crippen molar-refractivity contribution < 1.29 is 9.13 Å². The van der Waals surface area contributed by atoms with Crippen molar-refractivity contribution in [3.05, 3.63) is 101 Å². The van der Waals surface area contributed by atoms with Gasteiger partial charge in [0.15, 0.2) is 5.82 Å². The Morgan fingerprint density at radius 2 is 1.64 bits per heavy atom. The van der Waals surface area contributed by atoms with E-state index in [1.807, 2.05) is 41.1 Å². The molecule has 1 aromatic heterocycles. The van der Waals surface area contributed by atoms with Crippen molar-refractivity contribution in [2.24, 2.45) is 0 Å². The Kier molecular flexibility index (Phi) is 6.95. The van der Waals surface area contributed by atoms with Gasteiger partial charge in [0.25, 0.3) is 0 Å². The van der Waals surface area contributed by atoms with Crippen molar-refractivity contribution in [3.63, 3.8) is 0 Å². The topological polar surface area (TPSA) is 59.3 Å². The van der Waals surface area contributed by atoms with Crippen LogP contribution in [0.1, 0.15) is 34.1 Å². The number of aryl methyl sites for hydroxylation is 1. The van der Waals surface area contributed by atoms with Crippen molar-refractivity contribution in [2.75, 3.05) is 38.2 Å². The van der Waals surface area contributed by atoms with Gasteiger partial charge in [-0.1, -0.05) is 36.4 Å². The fraction of sp³-hybridized carbons (Fsp3) is 0.321. The lowest BCUT2D eigenvalue weighted by molar-refractivity contribution is 0.201. The van der Waals surface area contributed by atoms with Crippen LogP contribution in [0.5, 0.6) is 5.75 Å². The third kappa shape index (κ3) is 4.95. The number of piperazine rings is 1. The van der Waals surface area contributed by atoms with E-state index in [0.717, 1.165) is 48.9 Å². The van der Waals surface area contributed by atoms with Crippen LogP contribution in [0, 0.1) is 19.7 Å². The molecule has 1 fully saturated rings. The standard InChI is InChI=1S/C28H31FN6O/c1-20-5-4-6-26(21(20)2)33-15-17-34(18-16-33)27(23-9-11-24(29)12-10-23)28-30-31-32-35(28)19-22-7-13-25(36-3)14-8-22/h4-14,27H,15-19H2,1-3H3. The normalized spacial score (nSPS) is 15.2. The van der Waals surface area contributed by atoms with Crippen LogP contribution in [0.2, 0.25) is 0 Å². The van der Waals surface area contributed by atoms with Gasteiger partial charge in [-0.05, 0) is 76.9 Å². The maximum Gasteiger partial charge on any atom is 0.173 e. The second kappa shape index (κ2) is 10.5. The van der Waals surface area contributed by atoms with Crippen molar-refractivity contribution in [3.8, 4) is 5.75 Å². The van der Waals surface area contributed by atoms with Gasteiger partial charge in [0.1, 0.15) is 11.6 Å². The number of halogens is 1. The first-order valence-corrected chi connectivity index (χ1v) is 12.2. The van der Waals surface area contributed by atoms with E-state index in [1.165, 1.54) is 28.9 Å². The largest absolute Gasteiger partial charge is 0.497 e. The zero-order valence-electron chi connectivity index (χ0n) is 20.9. The minimum absolute atomic E-state index is 0.181. The molecule has 1 aliphatic rings. The summed E-state index contributed by atoms with van der Waals surface area (Å²) < 4.78 is 20.9. The van der Waals surface area contributed by atoms with Crippen LogP contribution < -0.4 is 9.64 Å². The predicted octanol–water partition coefficient (Wildman–Crippen LogP) is 4.40. The number of aromatic nitrogens is 4. The summed E-state index contributed by atoms with van der Waals surface area (Å²) in [7, 11) is 1.65. The smallest absolute Gasteiger partial charge is 0.173 e. The highest BCUT2D eigenvalue weighted by molar-refractivity contribution is 5.56. The molecule has 1 atom stereocenters. The summed E-state index contributed by atoms with van der Waals surface area (Å²) in [6.45, 7) is 8.33. The highest BCUT2D eigenvalue weighted by Crippen LogP contribution is 2.31. The summed E-state index contributed by atoms with van der Waals surface area (Å²) >= 11 is 0. The van der Waals surface area contributed by atoms with E-state index in [-0.39, 0.29) is 11.9 Å². The molecule has 186 valence electrons. The molecule has 1 saturated heterocycles. The van der Waals surface area contributed by atoms with E-state index >= 15 is 0 Å². The minimum Gasteiger partial charge on any atom is -0.497 e. The molecule has 1 aliphatic heterocycles. The van der Waals surface area contributed by atoms with Crippen molar-refractivity contribution in [2.45, 2.75) is 26.4 Å². The summed E-state index contributed by atoms with van der Waals surface area (Å²) in [6, 6.07) is 20.9. The second-order valence-corrected chi connectivity index (χ2v) is 9.24. The van der Waals surface area contributed by atoms with Gasteiger partial charge in [-0.15, -0.1) is 5.10 Å². The molecule has 0 saturated carbocycles. The van der Waals surface area contributed by atoms with Gasteiger partial charge in [-0.2, -0.15) is 0 Å². The monoisotopic (exact) mass is 486 g/mol. The first kappa shape index (κ1) is 23.9. The SMILES string of the molecule is COc1ccc(Cn2nnnc2C(c2ccc(F)cc2)N2CCN(c3cccc(C)c3C)CC2)cc1. The van der Waals surface area contributed by atoms with Gasteiger partial charge in [0.05, 0.1) is 19.7 Å². The number of hydrogen-bond donors (Lipinski definition) is 0. The summed E-state index contributed by atoms with van der Waals surface area (Å²) in [5.74, 6) is 1.30. The number of anilines is 1. The molecule has 5 rings (SSSR count). The van der Waals surface area contributed by atoms with Crippen LogP contribution in [0.15, 0.2) is 66.7 Å². The van der Waals surface area contributed by atoms with Gasteiger partial charge in [-0.25, -0.2) is 9.07 Å². The third-order valence-corrected chi connectivity index (χ3v) is 7.08. The van der Waals surface area contributed by atoms with E-state index in [4.69, 9.17) is 4.74 Å². The van der Waals surface area contributed by atoms with Gasteiger partial charge in [0.2, 0.25) is 0 Å². The van der Waals surface area contributed by atoms with Crippen molar-refractivity contribution in [1.29, 1.82) is 0 Å². The number of tetrazole rings is 1. The van der Waals surface area contributed by atoms with Crippen LogP contribution in [-0.2, 0) is 6.54 Å². The van der Waals surface area contributed by atoms with Gasteiger partial charge in [-0.3, -0.25) is 4.90 Å². The molecule has 36 heavy (non-hydrogen) atoms. The number of benzene rings is 3. The van der Waals surface area contributed by atoms with Crippen LogP contribution >= 0.6 is 0 Å². The average Bonchev–Trinajstić information content (AvgIpc) is 3.35. The summed E-state index contributed by atoms with van der Waals surface area (Å²) in [5.41, 5.74) is 5.96. The molecule has 0 amide bonds. The molecule has 0 radical (unpaired) electrons. The molecule has 0 N–H and O–H groups in total. The Bertz CT molecular complexity index is 1300. The molecule has 8 heteroatoms. The first-order valence-electron chi connectivity index (χ1n) is 12.2. The second-order valence-electron chi connectivity index (χ2n) is 9.24. The van der Waals surface area contributed by atoms with Crippen LogP contribution in [0.3, 0.4) is 0 Å². The van der Waals surface area contributed by atoms with Crippen LogP contribution in [-0.4, -0.2) is 58.4 Å².